The highest BCUT2D eigenvalue weighted by molar-refractivity contribution is 5.94. The molecule has 3 aliphatic rings. The quantitative estimate of drug-likeness (QED) is 0.159. The fraction of sp³-hybridized carbons (Fsp3) is 0.429. The van der Waals surface area contributed by atoms with Gasteiger partial charge in [0.05, 0.1) is 29.2 Å². The Bertz CT molecular complexity index is 2210. The van der Waals surface area contributed by atoms with Crippen molar-refractivity contribution in [1.29, 1.82) is 0 Å². The van der Waals surface area contributed by atoms with Gasteiger partial charge in [-0.1, -0.05) is 49.2 Å². The summed E-state index contributed by atoms with van der Waals surface area (Å²) in [6, 6.07) is 17.8. The Morgan fingerprint density at radius 2 is 1.55 bits per heavy atom. The highest BCUT2D eigenvalue weighted by Gasteiger charge is 2.29. The van der Waals surface area contributed by atoms with E-state index in [2.05, 4.69) is 49.0 Å². The molecule has 3 aromatic heterocycles. The first-order valence-electron chi connectivity index (χ1n) is 19.1. The maximum atomic E-state index is 14.6. The van der Waals surface area contributed by atoms with Crippen LogP contribution in [0.5, 0.6) is 0 Å². The molecule has 1 aliphatic heterocycles. The molecule has 0 N–H and O–H groups in total. The summed E-state index contributed by atoms with van der Waals surface area (Å²) in [6.07, 6.45) is 12.3. The molecule has 0 atom stereocenters. The van der Waals surface area contributed by atoms with Gasteiger partial charge in [0.25, 0.3) is 5.56 Å². The number of halogens is 1. The first-order chi connectivity index (χ1) is 25.8. The third-order valence-corrected chi connectivity index (χ3v) is 11.7. The molecule has 8 rings (SSSR count). The van der Waals surface area contributed by atoms with Crippen molar-refractivity contribution in [3.63, 3.8) is 0 Å². The number of aryl methyl sites for hydroxylation is 1. The molecule has 0 unspecified atom stereocenters. The topological polar surface area (TPSA) is 106 Å². The van der Waals surface area contributed by atoms with E-state index in [1.54, 1.807) is 6.20 Å². The molecule has 10 nitrogen and oxygen atoms in total. The lowest BCUT2D eigenvalue weighted by Crippen LogP contribution is -2.49. The summed E-state index contributed by atoms with van der Waals surface area (Å²) in [7, 11) is 0. The van der Waals surface area contributed by atoms with Gasteiger partial charge in [0.15, 0.2) is 11.4 Å². The number of hydrogen-bond donors (Lipinski definition) is 0. The van der Waals surface area contributed by atoms with Crippen LogP contribution in [0.4, 0.5) is 4.39 Å². The van der Waals surface area contributed by atoms with Crippen molar-refractivity contribution in [1.82, 2.24) is 33.9 Å². The monoisotopic (exact) mass is 715 g/mol. The summed E-state index contributed by atoms with van der Waals surface area (Å²) in [4.78, 5) is 59.0. The Morgan fingerprint density at radius 3 is 2.26 bits per heavy atom. The van der Waals surface area contributed by atoms with E-state index in [9.17, 15) is 18.8 Å². The van der Waals surface area contributed by atoms with E-state index >= 15 is 0 Å². The predicted molar refractivity (Wildman–Crippen MR) is 203 cm³/mol. The third-order valence-electron chi connectivity index (χ3n) is 11.7. The summed E-state index contributed by atoms with van der Waals surface area (Å²) < 4.78 is 17.3. The first-order valence-corrected chi connectivity index (χ1v) is 19.1. The van der Waals surface area contributed by atoms with Gasteiger partial charge in [-0.15, -0.1) is 0 Å². The lowest BCUT2D eigenvalue weighted by molar-refractivity contribution is 0.0936. The molecule has 0 bridgehead atoms. The number of piperazine rings is 1. The Morgan fingerprint density at radius 1 is 0.792 bits per heavy atom. The van der Waals surface area contributed by atoms with Gasteiger partial charge in [0, 0.05) is 57.4 Å². The maximum Gasteiger partial charge on any atom is 0.337 e. The van der Waals surface area contributed by atoms with E-state index in [1.165, 1.54) is 52.6 Å². The van der Waals surface area contributed by atoms with Crippen molar-refractivity contribution < 1.29 is 9.18 Å². The smallest absolute Gasteiger partial charge is 0.298 e. The van der Waals surface area contributed by atoms with E-state index in [-0.39, 0.29) is 28.8 Å². The van der Waals surface area contributed by atoms with Gasteiger partial charge in [-0.05, 0) is 86.3 Å². The van der Waals surface area contributed by atoms with Gasteiger partial charge in [-0.2, -0.15) is 0 Å². The highest BCUT2D eigenvalue weighted by atomic mass is 19.1. The van der Waals surface area contributed by atoms with E-state index in [1.807, 2.05) is 31.2 Å². The van der Waals surface area contributed by atoms with Gasteiger partial charge in [0.1, 0.15) is 11.5 Å². The second-order valence-corrected chi connectivity index (χ2v) is 15.2. The number of nitrogens with zero attached hydrogens (tertiary/aromatic N) is 7. The molecule has 274 valence electrons. The van der Waals surface area contributed by atoms with Crippen LogP contribution < -0.4 is 11.2 Å². The van der Waals surface area contributed by atoms with Crippen LogP contribution in [0.2, 0.25) is 0 Å². The van der Waals surface area contributed by atoms with Gasteiger partial charge in [0.2, 0.25) is 0 Å². The normalized spacial score (nSPS) is 20.3. The Hall–Kier alpha value is -4.87. The fourth-order valence-electron chi connectivity index (χ4n) is 8.69. The van der Waals surface area contributed by atoms with Crippen LogP contribution in [-0.4, -0.2) is 71.9 Å². The largest absolute Gasteiger partial charge is 0.337 e. The van der Waals surface area contributed by atoms with E-state index < -0.39 is 17.1 Å². The minimum atomic E-state index is -0.641. The Balaban J connectivity index is 1.01. The summed E-state index contributed by atoms with van der Waals surface area (Å²) in [5.41, 5.74) is 3.91. The van der Waals surface area contributed by atoms with Crippen molar-refractivity contribution in [2.75, 3.05) is 26.2 Å². The van der Waals surface area contributed by atoms with E-state index in [4.69, 9.17) is 0 Å². The molecule has 5 aromatic rings. The van der Waals surface area contributed by atoms with Gasteiger partial charge >= 0.3 is 5.69 Å². The molecule has 0 amide bonds. The third kappa shape index (κ3) is 7.50. The summed E-state index contributed by atoms with van der Waals surface area (Å²) in [5, 5.41) is 0.0543. The number of hydrogen-bond acceptors (Lipinski definition) is 8. The number of aromatic nitrogens is 5. The minimum absolute atomic E-state index is 0.0543. The van der Waals surface area contributed by atoms with E-state index in [0.29, 0.717) is 43.5 Å². The van der Waals surface area contributed by atoms with Crippen LogP contribution in [0.3, 0.4) is 0 Å². The highest BCUT2D eigenvalue weighted by Crippen LogP contribution is 2.34. The molecule has 3 fully saturated rings. The number of benzene rings is 2. The summed E-state index contributed by atoms with van der Waals surface area (Å²) >= 11 is 0. The van der Waals surface area contributed by atoms with Crippen molar-refractivity contribution in [2.45, 2.75) is 83.3 Å². The molecule has 2 aliphatic carbocycles. The van der Waals surface area contributed by atoms with Crippen molar-refractivity contribution in [2.24, 2.45) is 5.92 Å². The number of Topliss-reactive ketones (excluding diaryl/α,β-unsaturated/α-hetero) is 1. The second-order valence-electron chi connectivity index (χ2n) is 15.2. The molecule has 11 heteroatoms. The zero-order valence-electron chi connectivity index (χ0n) is 30.3. The predicted octanol–water partition coefficient (Wildman–Crippen LogP) is 6.52. The number of pyridine rings is 1. The number of fused-ring (bicyclic) bond motifs is 1. The molecule has 0 spiro atoms. The van der Waals surface area contributed by atoms with Crippen LogP contribution >= 0.6 is 0 Å². The molecule has 2 saturated carbocycles. The van der Waals surface area contributed by atoms with E-state index in [0.717, 1.165) is 61.8 Å². The molecular weight excluding hydrogens is 670 g/mol. The standard InChI is InChI=1S/C42H46FN7O3/c1-28-24-45-38(26-44-28)39(51)21-29-11-15-35(16-12-29)50-41(52)37-23-33(43)25-46-40(37)49(42(50)53)36-8-4-5-32(22-36)31-13-9-30(10-14-31)27-47-17-19-48(20-18-47)34-6-2-3-7-34/h4-5,8-10,13-14,22-26,29,34-35H,2-3,6-7,11-12,15-21,27H2,1H3. The van der Waals surface area contributed by atoms with Crippen LogP contribution in [-0.2, 0) is 6.54 Å². The van der Waals surface area contributed by atoms with Gasteiger partial charge < -0.3 is 0 Å². The zero-order chi connectivity index (χ0) is 36.5. The Labute approximate surface area is 308 Å². The average Bonchev–Trinajstić information content (AvgIpc) is 3.72. The molecule has 53 heavy (non-hydrogen) atoms. The lowest BCUT2D eigenvalue weighted by Gasteiger charge is -2.38. The number of carbonyl (C=O) groups is 1. The molecule has 4 heterocycles. The number of carbonyl (C=O) groups excluding carboxylic acids is 1. The number of rotatable bonds is 9. The molecule has 0 radical (unpaired) electrons. The second kappa shape index (κ2) is 15.2. The van der Waals surface area contributed by atoms with Crippen LogP contribution in [0.15, 0.2) is 82.8 Å². The van der Waals surface area contributed by atoms with Crippen LogP contribution in [0.1, 0.15) is 85.6 Å². The number of ketones is 1. The van der Waals surface area contributed by atoms with Crippen molar-refractivity contribution in [3.8, 4) is 16.8 Å². The fourth-order valence-corrected chi connectivity index (χ4v) is 8.69. The van der Waals surface area contributed by atoms with Crippen molar-refractivity contribution >= 4 is 16.8 Å². The SMILES string of the molecule is Cc1cnc(C(=O)CC2CCC(n3c(=O)c4cc(F)cnc4n(-c4cccc(-c5ccc(CN6CCN(C7CCCC7)CC6)cc5)c4)c3=O)CC2)cn1. The van der Waals surface area contributed by atoms with Crippen LogP contribution in [0.25, 0.3) is 27.8 Å². The van der Waals surface area contributed by atoms with Gasteiger partial charge in [-0.3, -0.25) is 28.9 Å². The van der Waals surface area contributed by atoms with Crippen molar-refractivity contribution in [3.05, 3.63) is 117 Å². The average molecular weight is 716 g/mol. The molecule has 2 aromatic carbocycles. The summed E-state index contributed by atoms with van der Waals surface area (Å²) in [6.45, 7) is 7.21. The lowest BCUT2D eigenvalue weighted by atomic mass is 9.82. The first kappa shape index (κ1) is 35.2. The van der Waals surface area contributed by atoms with Gasteiger partial charge in [-0.25, -0.2) is 23.7 Å². The van der Waals surface area contributed by atoms with Crippen LogP contribution in [0, 0.1) is 18.7 Å². The molecule has 1 saturated heterocycles. The summed E-state index contributed by atoms with van der Waals surface area (Å²) in [5.74, 6) is -0.596. The minimum Gasteiger partial charge on any atom is -0.298 e. The maximum absolute atomic E-state index is 14.6. The zero-order valence-corrected chi connectivity index (χ0v) is 30.3. The molecular formula is C42H46FN7O3. The Kier molecular flexibility index (Phi) is 10.1.